The van der Waals surface area contributed by atoms with E-state index in [1.165, 1.54) is 0 Å². The highest BCUT2D eigenvalue weighted by Gasteiger charge is 2.40. The summed E-state index contributed by atoms with van der Waals surface area (Å²) in [6.45, 7) is 2.77. The van der Waals surface area contributed by atoms with E-state index >= 15 is 0 Å². The molecule has 0 saturated carbocycles. The third kappa shape index (κ3) is 2.90. The van der Waals surface area contributed by atoms with Crippen molar-refractivity contribution >= 4 is 17.6 Å². The van der Waals surface area contributed by atoms with Crippen LogP contribution in [-0.4, -0.2) is 59.7 Å². The van der Waals surface area contributed by atoms with Crippen LogP contribution in [0.4, 0.5) is 17.6 Å². The first-order chi connectivity index (χ1) is 12.7. The van der Waals surface area contributed by atoms with Gasteiger partial charge in [0.1, 0.15) is 11.8 Å². The van der Waals surface area contributed by atoms with Crippen molar-refractivity contribution in [2.24, 2.45) is 5.92 Å². The normalized spacial score (nSPS) is 22.0. The zero-order valence-corrected chi connectivity index (χ0v) is 15.1. The summed E-state index contributed by atoms with van der Waals surface area (Å²) in [5.74, 6) is 3.10. The Morgan fingerprint density at radius 2 is 1.92 bits per heavy atom. The number of aromatic nitrogens is 4. The van der Waals surface area contributed by atoms with Crippen molar-refractivity contribution in [3.8, 4) is 6.07 Å². The van der Waals surface area contributed by atoms with Gasteiger partial charge in [-0.2, -0.15) is 5.26 Å². The first-order valence-electron chi connectivity index (χ1n) is 8.90. The van der Waals surface area contributed by atoms with Crippen molar-refractivity contribution in [2.45, 2.75) is 18.9 Å². The van der Waals surface area contributed by atoms with E-state index in [4.69, 9.17) is 5.26 Å². The molecule has 4 rings (SSSR count). The van der Waals surface area contributed by atoms with E-state index in [1.807, 2.05) is 19.0 Å². The number of nitrogens with zero attached hydrogens (tertiary/aromatic N) is 8. The molecule has 0 aromatic carbocycles. The first-order valence-corrected chi connectivity index (χ1v) is 8.90. The molecule has 2 atom stereocenters. The van der Waals surface area contributed by atoms with Crippen molar-refractivity contribution in [1.82, 2.24) is 19.9 Å². The Kier molecular flexibility index (Phi) is 4.29. The van der Waals surface area contributed by atoms with Gasteiger partial charge < -0.3 is 14.7 Å². The lowest BCUT2D eigenvalue weighted by molar-refractivity contribution is 0.387. The molecule has 0 N–H and O–H groups in total. The van der Waals surface area contributed by atoms with Crippen LogP contribution in [0.1, 0.15) is 18.5 Å². The summed E-state index contributed by atoms with van der Waals surface area (Å²) < 4.78 is 0. The highest BCUT2D eigenvalue weighted by molar-refractivity contribution is 5.62. The number of rotatable bonds is 3. The van der Waals surface area contributed by atoms with Crippen LogP contribution in [0.15, 0.2) is 24.7 Å². The maximum atomic E-state index is 9.12. The fourth-order valence-corrected chi connectivity index (χ4v) is 3.99. The van der Waals surface area contributed by atoms with Gasteiger partial charge in [0.2, 0.25) is 5.95 Å². The van der Waals surface area contributed by atoms with E-state index in [2.05, 4.69) is 35.8 Å². The van der Waals surface area contributed by atoms with Gasteiger partial charge in [-0.15, -0.1) is 0 Å². The molecule has 2 fully saturated rings. The molecule has 8 nitrogen and oxygen atoms in total. The topological polar surface area (TPSA) is 85.1 Å². The molecular formula is C18H22N8. The van der Waals surface area contributed by atoms with E-state index in [1.54, 1.807) is 24.7 Å². The molecule has 2 saturated heterocycles. The Morgan fingerprint density at radius 3 is 2.73 bits per heavy atom. The van der Waals surface area contributed by atoms with Gasteiger partial charge in [-0.25, -0.2) is 19.9 Å². The molecular weight excluding hydrogens is 328 g/mol. The molecule has 134 valence electrons. The number of hydrogen-bond donors (Lipinski definition) is 0. The smallest absolute Gasteiger partial charge is 0.226 e. The minimum atomic E-state index is 0.328. The Labute approximate surface area is 153 Å². The Balaban J connectivity index is 1.60. The number of nitriles is 1. The standard InChI is InChI=1S/C18H22N8/c1-24(2)16-17(21-8-7-20-16)25-9-4-13-5-10-26(15(13)12-25)18-22-6-3-14(11-19)23-18/h3,6-8,13,15H,4-5,9-10,12H2,1-2H3. The van der Waals surface area contributed by atoms with Gasteiger partial charge in [-0.05, 0) is 24.8 Å². The third-order valence-corrected chi connectivity index (χ3v) is 5.26. The highest BCUT2D eigenvalue weighted by Crippen LogP contribution is 2.36. The number of anilines is 3. The summed E-state index contributed by atoms with van der Waals surface area (Å²) in [5, 5.41) is 9.12. The molecule has 2 aliphatic heterocycles. The Morgan fingerprint density at radius 1 is 1.12 bits per heavy atom. The molecule has 8 heteroatoms. The second kappa shape index (κ2) is 6.75. The van der Waals surface area contributed by atoms with Gasteiger partial charge >= 0.3 is 0 Å². The SMILES string of the molecule is CN(C)c1nccnc1N1CCC2CCN(c3nccc(C#N)n3)C2C1. The molecule has 0 aliphatic carbocycles. The summed E-state index contributed by atoms with van der Waals surface area (Å²) in [7, 11) is 3.98. The van der Waals surface area contributed by atoms with Gasteiger partial charge in [-0.1, -0.05) is 0 Å². The summed E-state index contributed by atoms with van der Waals surface area (Å²) >= 11 is 0. The molecule has 2 unspecified atom stereocenters. The quantitative estimate of drug-likeness (QED) is 0.819. The Hall–Kier alpha value is -2.95. The molecule has 26 heavy (non-hydrogen) atoms. The fourth-order valence-electron chi connectivity index (χ4n) is 3.99. The van der Waals surface area contributed by atoms with Crippen LogP contribution in [-0.2, 0) is 0 Å². The van der Waals surface area contributed by atoms with Crippen LogP contribution in [0, 0.1) is 17.2 Å². The van der Waals surface area contributed by atoms with Crippen LogP contribution in [0.3, 0.4) is 0 Å². The predicted octanol–water partition coefficient (Wildman–Crippen LogP) is 1.31. The van der Waals surface area contributed by atoms with Crippen molar-refractivity contribution in [2.75, 3.05) is 48.4 Å². The fraction of sp³-hybridized carbons (Fsp3) is 0.500. The van der Waals surface area contributed by atoms with E-state index in [-0.39, 0.29) is 0 Å². The number of piperidine rings is 1. The third-order valence-electron chi connectivity index (χ3n) is 5.26. The lowest BCUT2D eigenvalue weighted by atomic mass is 9.92. The Bertz CT molecular complexity index is 830. The summed E-state index contributed by atoms with van der Waals surface area (Å²) in [4.78, 5) is 24.5. The average molecular weight is 350 g/mol. The van der Waals surface area contributed by atoms with Crippen molar-refractivity contribution in [1.29, 1.82) is 5.26 Å². The molecule has 2 aromatic rings. The lowest BCUT2D eigenvalue weighted by Gasteiger charge is -2.39. The maximum absolute atomic E-state index is 9.12. The van der Waals surface area contributed by atoms with E-state index in [0.29, 0.717) is 23.6 Å². The summed E-state index contributed by atoms with van der Waals surface area (Å²) in [5.41, 5.74) is 0.412. The first kappa shape index (κ1) is 16.5. The van der Waals surface area contributed by atoms with Crippen LogP contribution in [0.5, 0.6) is 0 Å². The van der Waals surface area contributed by atoms with Gasteiger partial charge in [-0.3, -0.25) is 0 Å². The molecule has 0 spiro atoms. The van der Waals surface area contributed by atoms with Crippen molar-refractivity contribution in [3.05, 3.63) is 30.4 Å². The molecule has 0 radical (unpaired) electrons. The maximum Gasteiger partial charge on any atom is 0.226 e. The molecule has 2 aromatic heterocycles. The second-order valence-electron chi connectivity index (χ2n) is 7.00. The molecule has 2 aliphatic rings. The zero-order chi connectivity index (χ0) is 18.1. The van der Waals surface area contributed by atoms with Gasteiger partial charge in [0.25, 0.3) is 0 Å². The summed E-state index contributed by atoms with van der Waals surface area (Å²) in [6, 6.07) is 4.08. The molecule has 0 bridgehead atoms. The van der Waals surface area contributed by atoms with Crippen molar-refractivity contribution in [3.63, 3.8) is 0 Å². The van der Waals surface area contributed by atoms with Crippen LogP contribution in [0.25, 0.3) is 0 Å². The van der Waals surface area contributed by atoms with Crippen LogP contribution in [0.2, 0.25) is 0 Å². The predicted molar refractivity (Wildman–Crippen MR) is 99.2 cm³/mol. The number of hydrogen-bond acceptors (Lipinski definition) is 8. The second-order valence-corrected chi connectivity index (χ2v) is 7.00. The van der Waals surface area contributed by atoms with Gasteiger partial charge in [0.05, 0.1) is 6.04 Å². The van der Waals surface area contributed by atoms with E-state index < -0.39 is 0 Å². The zero-order valence-electron chi connectivity index (χ0n) is 15.1. The highest BCUT2D eigenvalue weighted by atomic mass is 15.3. The molecule has 0 amide bonds. The van der Waals surface area contributed by atoms with Gasteiger partial charge in [0.15, 0.2) is 11.6 Å². The number of fused-ring (bicyclic) bond motifs is 1. The van der Waals surface area contributed by atoms with Crippen molar-refractivity contribution < 1.29 is 0 Å². The minimum absolute atomic E-state index is 0.328. The average Bonchev–Trinajstić information content (AvgIpc) is 3.11. The van der Waals surface area contributed by atoms with Crippen LogP contribution >= 0.6 is 0 Å². The molecule has 4 heterocycles. The minimum Gasteiger partial charge on any atom is -0.360 e. The monoisotopic (exact) mass is 350 g/mol. The lowest BCUT2D eigenvalue weighted by Crippen LogP contribution is -2.49. The van der Waals surface area contributed by atoms with Gasteiger partial charge in [0, 0.05) is 52.3 Å². The van der Waals surface area contributed by atoms with Crippen LogP contribution < -0.4 is 14.7 Å². The summed E-state index contributed by atoms with van der Waals surface area (Å²) in [6.07, 6.45) is 7.40. The van der Waals surface area contributed by atoms with E-state index in [9.17, 15) is 0 Å². The van der Waals surface area contributed by atoms with E-state index in [0.717, 1.165) is 44.1 Å². The largest absolute Gasteiger partial charge is 0.360 e.